The van der Waals surface area contributed by atoms with Crippen molar-refractivity contribution < 1.29 is 0 Å². The Balaban J connectivity index is 0.000000533. The van der Waals surface area contributed by atoms with Gasteiger partial charge < -0.3 is 4.90 Å². The first-order valence-electron chi connectivity index (χ1n) is 22.0. The summed E-state index contributed by atoms with van der Waals surface area (Å²) in [6.45, 7) is 13.3. The third-order valence-electron chi connectivity index (χ3n) is 13.0. The van der Waals surface area contributed by atoms with E-state index in [0.29, 0.717) is 0 Å². The molecule has 1 nitrogen and oxygen atoms in total. The summed E-state index contributed by atoms with van der Waals surface area (Å²) in [7, 11) is 0. The highest BCUT2D eigenvalue weighted by molar-refractivity contribution is 7.26. The highest BCUT2D eigenvalue weighted by Crippen LogP contribution is 2.51. The van der Waals surface area contributed by atoms with Gasteiger partial charge in [-0.2, -0.15) is 0 Å². The number of nitrogens with zero attached hydrogens (tertiary/aromatic N) is 1. The normalized spacial score (nSPS) is 12.4. The molecular weight excluding hydrogens is 779 g/mol. The Hall–Kier alpha value is -7.00. The average molecular weight is 830 g/mol. The second-order valence-corrected chi connectivity index (χ2v) is 18.7. The lowest BCUT2D eigenvalue weighted by molar-refractivity contribution is 0.660. The Morgan fingerprint density at radius 2 is 0.921 bits per heavy atom. The molecule has 0 bridgehead atoms. The molecule has 1 aliphatic rings. The quantitative estimate of drug-likeness (QED) is 0.161. The number of anilines is 3. The van der Waals surface area contributed by atoms with E-state index in [-0.39, 0.29) is 5.41 Å². The summed E-state index contributed by atoms with van der Waals surface area (Å²) in [6, 6.07) is 73.6. The Morgan fingerprint density at radius 1 is 0.365 bits per heavy atom. The first-order valence-corrected chi connectivity index (χ1v) is 22.8. The van der Waals surface area contributed by atoms with E-state index in [1.807, 2.05) is 11.3 Å². The molecule has 11 rings (SSSR count). The number of fused-ring (bicyclic) bond motifs is 6. The fourth-order valence-corrected chi connectivity index (χ4v) is 10.9. The van der Waals surface area contributed by atoms with Crippen LogP contribution in [0.1, 0.15) is 47.2 Å². The minimum absolute atomic E-state index is 0.0927. The molecule has 0 radical (unpaired) electrons. The van der Waals surface area contributed by atoms with Crippen LogP contribution in [-0.4, -0.2) is 0 Å². The summed E-state index contributed by atoms with van der Waals surface area (Å²) in [5, 5.41) is 2.65. The lowest BCUT2D eigenvalue weighted by atomic mass is 9.82. The first kappa shape index (κ1) is 40.1. The van der Waals surface area contributed by atoms with Crippen molar-refractivity contribution in [2.24, 2.45) is 0 Å². The van der Waals surface area contributed by atoms with E-state index in [1.54, 1.807) is 0 Å². The zero-order valence-electron chi connectivity index (χ0n) is 36.9. The van der Waals surface area contributed by atoms with Crippen LogP contribution in [0.25, 0.3) is 64.7 Å². The first-order chi connectivity index (χ1) is 30.6. The number of rotatable bonds is 6. The van der Waals surface area contributed by atoms with Gasteiger partial charge in [0.15, 0.2) is 0 Å². The molecule has 10 aromatic rings. The van der Waals surface area contributed by atoms with Crippen LogP contribution in [0.3, 0.4) is 0 Å². The summed E-state index contributed by atoms with van der Waals surface area (Å²) in [6.07, 6.45) is 0. The highest BCUT2D eigenvalue weighted by Gasteiger charge is 2.35. The van der Waals surface area contributed by atoms with Crippen molar-refractivity contribution in [3.05, 3.63) is 234 Å². The Kier molecular flexibility index (Phi) is 10.4. The van der Waals surface area contributed by atoms with Crippen molar-refractivity contribution in [2.75, 3.05) is 4.90 Å². The fourth-order valence-electron chi connectivity index (χ4n) is 9.62. The summed E-state index contributed by atoms with van der Waals surface area (Å²) in [5.41, 5.74) is 21.5. The molecule has 0 spiro atoms. The van der Waals surface area contributed by atoms with E-state index in [1.165, 1.54) is 98.1 Å². The molecule has 0 unspecified atom stereocenters. The van der Waals surface area contributed by atoms with Crippen molar-refractivity contribution in [3.63, 3.8) is 0 Å². The Morgan fingerprint density at radius 3 is 1.63 bits per heavy atom. The van der Waals surface area contributed by atoms with Gasteiger partial charge in [-0.15, -0.1) is 11.3 Å². The average Bonchev–Trinajstić information content (AvgIpc) is 3.79. The highest BCUT2D eigenvalue weighted by atomic mass is 32.1. The molecule has 0 saturated carbocycles. The lowest BCUT2D eigenvalue weighted by Crippen LogP contribution is -2.16. The molecule has 0 fully saturated rings. The van der Waals surface area contributed by atoms with Crippen LogP contribution in [-0.2, 0) is 5.41 Å². The molecular formula is C61H51NS. The molecule has 0 amide bonds. The number of hydrogen-bond acceptors (Lipinski definition) is 2. The van der Waals surface area contributed by atoms with Crippen molar-refractivity contribution in [1.82, 2.24) is 0 Å². The predicted octanol–water partition coefficient (Wildman–Crippen LogP) is 17.8. The maximum Gasteiger partial charge on any atom is 0.0465 e. The SMILES string of the molecule is Cc1cccc(C)c1.Cc1ccccc1-c1cc(-c2ccc(N(c3ccc(-c4cccc5c4sc4ccccc45)cc3)c3ccc4c(c3)C(C)(C)c3ccccc3-4)cc2)ccc1C. The maximum absolute atomic E-state index is 2.42. The van der Waals surface area contributed by atoms with Crippen molar-refractivity contribution >= 4 is 48.6 Å². The Labute approximate surface area is 376 Å². The third-order valence-corrected chi connectivity index (χ3v) is 14.2. The smallest absolute Gasteiger partial charge is 0.0465 e. The van der Waals surface area contributed by atoms with Gasteiger partial charge >= 0.3 is 0 Å². The predicted molar refractivity (Wildman–Crippen MR) is 273 cm³/mol. The molecule has 9 aromatic carbocycles. The largest absolute Gasteiger partial charge is 0.310 e. The monoisotopic (exact) mass is 829 g/mol. The van der Waals surface area contributed by atoms with E-state index >= 15 is 0 Å². The lowest BCUT2D eigenvalue weighted by Gasteiger charge is -2.28. The minimum atomic E-state index is -0.0927. The molecule has 0 saturated heterocycles. The summed E-state index contributed by atoms with van der Waals surface area (Å²) in [4.78, 5) is 2.42. The number of aryl methyl sites for hydroxylation is 4. The number of benzene rings is 9. The van der Waals surface area contributed by atoms with Crippen LogP contribution < -0.4 is 4.90 Å². The van der Waals surface area contributed by atoms with Gasteiger partial charge in [-0.1, -0.05) is 177 Å². The summed E-state index contributed by atoms with van der Waals surface area (Å²) in [5.74, 6) is 0. The van der Waals surface area contributed by atoms with E-state index in [9.17, 15) is 0 Å². The third kappa shape index (κ3) is 7.45. The van der Waals surface area contributed by atoms with E-state index < -0.39 is 0 Å². The van der Waals surface area contributed by atoms with Gasteiger partial charge in [0.25, 0.3) is 0 Å². The van der Waals surface area contributed by atoms with E-state index in [2.05, 4.69) is 247 Å². The van der Waals surface area contributed by atoms with Crippen LogP contribution in [0.4, 0.5) is 17.1 Å². The molecule has 0 atom stereocenters. The molecule has 306 valence electrons. The summed E-state index contributed by atoms with van der Waals surface area (Å²) < 4.78 is 2.67. The van der Waals surface area contributed by atoms with Gasteiger partial charge in [0.1, 0.15) is 0 Å². The fraction of sp³-hybridized carbons (Fsp3) is 0.115. The second kappa shape index (κ2) is 16.4. The van der Waals surface area contributed by atoms with E-state index in [0.717, 1.165) is 17.1 Å². The molecule has 63 heavy (non-hydrogen) atoms. The van der Waals surface area contributed by atoms with Crippen LogP contribution in [0.5, 0.6) is 0 Å². The van der Waals surface area contributed by atoms with Crippen molar-refractivity contribution in [2.45, 2.75) is 47.0 Å². The summed E-state index contributed by atoms with van der Waals surface area (Å²) >= 11 is 1.88. The van der Waals surface area contributed by atoms with Crippen molar-refractivity contribution in [3.8, 4) is 44.5 Å². The van der Waals surface area contributed by atoms with Gasteiger partial charge in [0, 0.05) is 42.6 Å². The maximum atomic E-state index is 2.42. The van der Waals surface area contributed by atoms with Crippen LogP contribution in [0, 0.1) is 27.7 Å². The van der Waals surface area contributed by atoms with E-state index in [4.69, 9.17) is 0 Å². The van der Waals surface area contributed by atoms with Crippen LogP contribution in [0.2, 0.25) is 0 Å². The topological polar surface area (TPSA) is 3.24 Å². The van der Waals surface area contributed by atoms with Crippen LogP contribution >= 0.6 is 11.3 Å². The van der Waals surface area contributed by atoms with Gasteiger partial charge in [-0.05, 0) is 143 Å². The van der Waals surface area contributed by atoms with Crippen LogP contribution in [0.15, 0.2) is 200 Å². The number of hydrogen-bond donors (Lipinski definition) is 0. The minimum Gasteiger partial charge on any atom is -0.310 e. The zero-order chi connectivity index (χ0) is 43.2. The zero-order valence-corrected chi connectivity index (χ0v) is 37.7. The second-order valence-electron chi connectivity index (χ2n) is 17.6. The molecule has 1 aromatic heterocycles. The van der Waals surface area contributed by atoms with Gasteiger partial charge in [0.05, 0.1) is 0 Å². The van der Waals surface area contributed by atoms with Gasteiger partial charge in [-0.3, -0.25) is 0 Å². The molecule has 1 aliphatic carbocycles. The molecule has 1 heterocycles. The molecule has 2 heteroatoms. The molecule has 0 N–H and O–H groups in total. The van der Waals surface area contributed by atoms with Crippen molar-refractivity contribution in [1.29, 1.82) is 0 Å². The standard InChI is InChI=1S/C53H41NS.C8H10/c1-34-12-5-6-13-42(34)48-32-38(21-20-35(48)2)36-22-26-39(27-23-36)54(41-30-31-45-44-14-7-9-18-49(44)53(3,4)50(45)33-41)40-28-24-37(25-29-40)43-16-11-17-47-46-15-8-10-19-51(46)55-52(43)47;1-7-4-3-5-8(2)6-7/h5-33H,1-4H3;3-6H,1-2H3. The van der Waals surface area contributed by atoms with Gasteiger partial charge in [-0.25, -0.2) is 0 Å². The van der Waals surface area contributed by atoms with Gasteiger partial charge in [0.2, 0.25) is 0 Å². The Bertz CT molecular complexity index is 3280. The number of thiophene rings is 1. The molecule has 0 aliphatic heterocycles.